The summed E-state index contributed by atoms with van der Waals surface area (Å²) < 4.78 is 0. The highest BCUT2D eigenvalue weighted by Crippen LogP contribution is 2.27. The molecule has 19 heavy (non-hydrogen) atoms. The van der Waals surface area contributed by atoms with E-state index >= 15 is 0 Å². The number of nitrogens with one attached hydrogen (secondary N) is 1. The van der Waals surface area contributed by atoms with Gasteiger partial charge in [0, 0.05) is 6.54 Å². The average molecular weight is 268 g/mol. The number of hydrogen-bond donors (Lipinski definition) is 3. The van der Waals surface area contributed by atoms with Crippen molar-refractivity contribution in [1.82, 2.24) is 9.97 Å². The molecule has 0 saturated carbocycles. The lowest BCUT2D eigenvalue weighted by Crippen LogP contribution is -2.37. The predicted octanol–water partition coefficient (Wildman–Crippen LogP) is 0.199. The standard InChI is InChI=1S/C10H16N6O3/c1-5-6(16(18)19)7(15-9(12)14-5)13-4-10(2,3)8(11)17/h4H2,1-3H3,(H2,11,17)(H3,12,13,14,15). The van der Waals surface area contributed by atoms with Gasteiger partial charge in [-0.1, -0.05) is 0 Å². The maximum absolute atomic E-state index is 11.2. The van der Waals surface area contributed by atoms with Gasteiger partial charge in [0.25, 0.3) is 0 Å². The van der Waals surface area contributed by atoms with Gasteiger partial charge in [0.15, 0.2) is 0 Å². The number of nitro groups is 1. The van der Waals surface area contributed by atoms with Crippen LogP contribution in [-0.4, -0.2) is 27.3 Å². The molecule has 0 aromatic carbocycles. The van der Waals surface area contributed by atoms with Crippen LogP contribution in [0.4, 0.5) is 17.5 Å². The van der Waals surface area contributed by atoms with Gasteiger partial charge in [-0.05, 0) is 20.8 Å². The highest BCUT2D eigenvalue weighted by Gasteiger charge is 2.27. The number of rotatable bonds is 5. The lowest BCUT2D eigenvalue weighted by atomic mass is 9.93. The highest BCUT2D eigenvalue weighted by molar-refractivity contribution is 5.80. The summed E-state index contributed by atoms with van der Waals surface area (Å²) in [6.07, 6.45) is 0. The molecule has 5 N–H and O–H groups in total. The van der Waals surface area contributed by atoms with E-state index in [0.29, 0.717) is 0 Å². The maximum Gasteiger partial charge on any atom is 0.332 e. The number of aryl methyl sites for hydroxylation is 1. The van der Waals surface area contributed by atoms with Crippen LogP contribution in [0, 0.1) is 22.5 Å². The van der Waals surface area contributed by atoms with E-state index in [-0.39, 0.29) is 29.7 Å². The molecule has 1 heterocycles. The number of carbonyl (C=O) groups excluding carboxylic acids is 1. The van der Waals surface area contributed by atoms with Gasteiger partial charge in [-0.15, -0.1) is 0 Å². The van der Waals surface area contributed by atoms with Crippen LogP contribution in [0.5, 0.6) is 0 Å². The summed E-state index contributed by atoms with van der Waals surface area (Å²) >= 11 is 0. The van der Waals surface area contributed by atoms with Crippen molar-refractivity contribution in [2.24, 2.45) is 11.1 Å². The van der Waals surface area contributed by atoms with Gasteiger partial charge < -0.3 is 16.8 Å². The molecule has 0 aliphatic carbocycles. The van der Waals surface area contributed by atoms with Gasteiger partial charge in [-0.2, -0.15) is 4.98 Å². The van der Waals surface area contributed by atoms with Gasteiger partial charge in [0.1, 0.15) is 5.69 Å². The summed E-state index contributed by atoms with van der Waals surface area (Å²) in [7, 11) is 0. The van der Waals surface area contributed by atoms with E-state index in [1.165, 1.54) is 6.92 Å². The SMILES string of the molecule is Cc1nc(N)nc(NCC(C)(C)C(N)=O)c1[N+](=O)[O-]. The Kier molecular flexibility index (Phi) is 3.88. The Morgan fingerprint density at radius 2 is 2.05 bits per heavy atom. The minimum Gasteiger partial charge on any atom is -0.369 e. The number of nitrogens with zero attached hydrogens (tertiary/aromatic N) is 3. The van der Waals surface area contributed by atoms with Crippen molar-refractivity contribution in [2.75, 3.05) is 17.6 Å². The summed E-state index contributed by atoms with van der Waals surface area (Å²) in [6.45, 7) is 4.79. The van der Waals surface area contributed by atoms with Crippen LogP contribution in [0.1, 0.15) is 19.5 Å². The van der Waals surface area contributed by atoms with Crippen molar-refractivity contribution < 1.29 is 9.72 Å². The Bertz CT molecular complexity index is 528. The monoisotopic (exact) mass is 268 g/mol. The zero-order valence-electron chi connectivity index (χ0n) is 10.9. The molecule has 0 bridgehead atoms. The van der Waals surface area contributed by atoms with Crippen LogP contribution in [0.2, 0.25) is 0 Å². The smallest absolute Gasteiger partial charge is 0.332 e. The van der Waals surface area contributed by atoms with Crippen LogP contribution in [0.3, 0.4) is 0 Å². The molecule has 0 aliphatic heterocycles. The van der Waals surface area contributed by atoms with E-state index < -0.39 is 16.2 Å². The highest BCUT2D eigenvalue weighted by atomic mass is 16.6. The summed E-state index contributed by atoms with van der Waals surface area (Å²) in [5.74, 6) is -0.631. The summed E-state index contributed by atoms with van der Waals surface area (Å²) in [5.41, 5.74) is 9.68. The summed E-state index contributed by atoms with van der Waals surface area (Å²) in [4.78, 5) is 29.1. The maximum atomic E-state index is 11.2. The fourth-order valence-corrected chi connectivity index (χ4v) is 1.32. The van der Waals surface area contributed by atoms with E-state index in [4.69, 9.17) is 11.5 Å². The van der Waals surface area contributed by atoms with Crippen LogP contribution >= 0.6 is 0 Å². The first-order valence-corrected chi connectivity index (χ1v) is 5.47. The van der Waals surface area contributed by atoms with Crippen molar-refractivity contribution in [3.63, 3.8) is 0 Å². The molecular weight excluding hydrogens is 252 g/mol. The topological polar surface area (TPSA) is 150 Å². The summed E-state index contributed by atoms with van der Waals surface area (Å²) in [6, 6.07) is 0. The molecule has 1 aromatic heterocycles. The van der Waals surface area contributed by atoms with Gasteiger partial charge in [0.2, 0.25) is 17.7 Å². The zero-order chi connectivity index (χ0) is 14.8. The second kappa shape index (κ2) is 5.04. The molecule has 104 valence electrons. The molecular formula is C10H16N6O3. The second-order valence-electron chi connectivity index (χ2n) is 4.72. The minimum absolute atomic E-state index is 0.0238. The molecule has 1 amide bonds. The Balaban J connectivity index is 3.07. The number of nitrogens with two attached hydrogens (primary N) is 2. The second-order valence-corrected chi connectivity index (χ2v) is 4.72. The first-order chi connectivity index (χ1) is 8.65. The molecule has 0 spiro atoms. The van der Waals surface area contributed by atoms with Gasteiger partial charge in [-0.3, -0.25) is 14.9 Å². The van der Waals surface area contributed by atoms with E-state index in [9.17, 15) is 14.9 Å². The van der Waals surface area contributed by atoms with Crippen LogP contribution < -0.4 is 16.8 Å². The van der Waals surface area contributed by atoms with Gasteiger partial charge in [0.05, 0.1) is 10.3 Å². The lowest BCUT2D eigenvalue weighted by molar-refractivity contribution is -0.385. The molecule has 0 aliphatic rings. The Morgan fingerprint density at radius 3 is 2.53 bits per heavy atom. The molecule has 0 radical (unpaired) electrons. The number of aromatic nitrogens is 2. The van der Waals surface area contributed by atoms with E-state index in [1.807, 2.05) is 0 Å². The Hall–Kier alpha value is -2.45. The molecule has 9 heteroatoms. The third kappa shape index (κ3) is 3.27. The largest absolute Gasteiger partial charge is 0.369 e. The fraction of sp³-hybridized carbons (Fsp3) is 0.500. The molecule has 1 aromatic rings. The van der Waals surface area contributed by atoms with Crippen LogP contribution in [0.25, 0.3) is 0 Å². The van der Waals surface area contributed by atoms with Crippen LogP contribution in [0.15, 0.2) is 0 Å². The van der Waals surface area contributed by atoms with Crippen molar-refractivity contribution in [3.05, 3.63) is 15.8 Å². The third-order valence-electron chi connectivity index (χ3n) is 2.62. The van der Waals surface area contributed by atoms with Gasteiger partial charge in [-0.25, -0.2) is 4.98 Å². The normalized spacial score (nSPS) is 11.1. The van der Waals surface area contributed by atoms with E-state index in [0.717, 1.165) is 0 Å². The van der Waals surface area contributed by atoms with E-state index in [2.05, 4.69) is 15.3 Å². The number of primary amides is 1. The quantitative estimate of drug-likeness (QED) is 0.509. The summed E-state index contributed by atoms with van der Waals surface area (Å²) in [5, 5.41) is 13.7. The van der Waals surface area contributed by atoms with E-state index in [1.54, 1.807) is 13.8 Å². The Morgan fingerprint density at radius 1 is 1.47 bits per heavy atom. The third-order valence-corrected chi connectivity index (χ3v) is 2.62. The number of amides is 1. The number of anilines is 2. The number of hydrogen-bond acceptors (Lipinski definition) is 7. The van der Waals surface area contributed by atoms with Crippen molar-refractivity contribution in [1.29, 1.82) is 0 Å². The average Bonchev–Trinajstić information content (AvgIpc) is 2.24. The number of carbonyl (C=O) groups is 1. The van der Waals surface area contributed by atoms with Crippen molar-refractivity contribution >= 4 is 23.4 Å². The first kappa shape index (κ1) is 14.6. The first-order valence-electron chi connectivity index (χ1n) is 5.47. The fourth-order valence-electron chi connectivity index (χ4n) is 1.32. The Labute approximate surface area is 109 Å². The lowest BCUT2D eigenvalue weighted by Gasteiger charge is -2.21. The minimum atomic E-state index is -0.874. The van der Waals surface area contributed by atoms with Gasteiger partial charge >= 0.3 is 5.69 Å². The zero-order valence-corrected chi connectivity index (χ0v) is 10.9. The number of nitrogen functional groups attached to an aromatic ring is 1. The molecule has 0 unspecified atom stereocenters. The van der Waals surface area contributed by atoms with Crippen LogP contribution in [-0.2, 0) is 4.79 Å². The van der Waals surface area contributed by atoms with Crippen molar-refractivity contribution in [3.8, 4) is 0 Å². The molecule has 9 nitrogen and oxygen atoms in total. The molecule has 0 fully saturated rings. The van der Waals surface area contributed by atoms with Crippen molar-refractivity contribution in [2.45, 2.75) is 20.8 Å². The molecule has 0 saturated heterocycles. The predicted molar refractivity (Wildman–Crippen MR) is 69.3 cm³/mol. The molecule has 0 atom stereocenters. The molecule has 1 rings (SSSR count).